The van der Waals surface area contributed by atoms with Crippen molar-refractivity contribution in [2.75, 3.05) is 0 Å². The molecule has 2 aliphatic rings. The van der Waals surface area contributed by atoms with E-state index in [9.17, 15) is 9.59 Å². The minimum atomic E-state index is -0.476. The van der Waals surface area contributed by atoms with E-state index >= 15 is 0 Å². The van der Waals surface area contributed by atoms with E-state index in [-0.39, 0.29) is 17.9 Å². The van der Waals surface area contributed by atoms with Gasteiger partial charge in [-0.3, -0.25) is 9.59 Å². The van der Waals surface area contributed by atoms with Gasteiger partial charge in [-0.15, -0.1) is 0 Å². The Balaban J connectivity index is 1.72. The van der Waals surface area contributed by atoms with Gasteiger partial charge in [0.05, 0.1) is 6.04 Å². The standard InChI is InChI=1S/C18H28N2O2/c1-13-7-6-10-16(11-13)20-18(22)14(2)19-17(21)12-15-8-4-3-5-9-15/h6-7,10,14-16H,3-5,8-9,11-12H2,1-2H3,(H,19,21)(H,20,22)/t14-,16+/m0/s1. The van der Waals surface area contributed by atoms with Crippen LogP contribution in [0.15, 0.2) is 23.8 Å². The molecule has 0 heterocycles. The van der Waals surface area contributed by atoms with Gasteiger partial charge in [-0.1, -0.05) is 43.1 Å². The van der Waals surface area contributed by atoms with E-state index in [1.54, 1.807) is 6.92 Å². The molecule has 22 heavy (non-hydrogen) atoms. The molecule has 4 heteroatoms. The second-order valence-corrected chi connectivity index (χ2v) is 6.71. The van der Waals surface area contributed by atoms with E-state index in [0.29, 0.717) is 12.3 Å². The highest BCUT2D eigenvalue weighted by atomic mass is 16.2. The molecular weight excluding hydrogens is 276 g/mol. The van der Waals surface area contributed by atoms with Crippen LogP contribution in [0.1, 0.15) is 58.8 Å². The molecule has 2 rings (SSSR count). The first kappa shape index (κ1) is 16.8. The smallest absolute Gasteiger partial charge is 0.242 e. The normalized spacial score (nSPS) is 23.5. The van der Waals surface area contributed by atoms with Gasteiger partial charge in [0.1, 0.15) is 6.04 Å². The maximum Gasteiger partial charge on any atom is 0.242 e. The van der Waals surface area contributed by atoms with Crippen LogP contribution in [-0.4, -0.2) is 23.9 Å². The zero-order valence-corrected chi connectivity index (χ0v) is 13.7. The molecule has 122 valence electrons. The molecule has 0 aromatic heterocycles. The molecule has 0 aliphatic heterocycles. The zero-order chi connectivity index (χ0) is 15.9. The lowest BCUT2D eigenvalue weighted by Gasteiger charge is -2.23. The largest absolute Gasteiger partial charge is 0.348 e. The predicted molar refractivity (Wildman–Crippen MR) is 88.2 cm³/mol. The van der Waals surface area contributed by atoms with Gasteiger partial charge in [-0.05, 0) is 39.0 Å². The van der Waals surface area contributed by atoms with Gasteiger partial charge in [0.2, 0.25) is 11.8 Å². The second kappa shape index (κ2) is 8.16. The van der Waals surface area contributed by atoms with E-state index < -0.39 is 6.04 Å². The second-order valence-electron chi connectivity index (χ2n) is 6.71. The third-order valence-corrected chi connectivity index (χ3v) is 4.56. The van der Waals surface area contributed by atoms with E-state index in [2.05, 4.69) is 23.6 Å². The van der Waals surface area contributed by atoms with Crippen molar-refractivity contribution in [3.8, 4) is 0 Å². The molecule has 1 saturated carbocycles. The van der Waals surface area contributed by atoms with Gasteiger partial charge in [0, 0.05) is 6.42 Å². The summed E-state index contributed by atoms with van der Waals surface area (Å²) >= 11 is 0. The number of carbonyl (C=O) groups is 2. The lowest BCUT2D eigenvalue weighted by Crippen LogP contribution is -2.48. The minimum absolute atomic E-state index is 0.00446. The number of nitrogens with one attached hydrogen (secondary N) is 2. The molecule has 0 saturated heterocycles. The Hall–Kier alpha value is -1.58. The average molecular weight is 304 g/mol. The lowest BCUT2D eigenvalue weighted by atomic mass is 9.87. The van der Waals surface area contributed by atoms with Gasteiger partial charge in [-0.2, -0.15) is 0 Å². The van der Waals surface area contributed by atoms with Crippen LogP contribution in [0.25, 0.3) is 0 Å². The summed E-state index contributed by atoms with van der Waals surface area (Å²) in [6.07, 6.45) is 13.5. The SMILES string of the molecule is CC1=CC=C[C@@H](NC(=O)[C@H](C)NC(=O)CC2CCCCC2)C1. The third kappa shape index (κ3) is 5.32. The highest BCUT2D eigenvalue weighted by Gasteiger charge is 2.22. The van der Waals surface area contributed by atoms with Crippen LogP contribution < -0.4 is 10.6 Å². The maximum atomic E-state index is 12.2. The van der Waals surface area contributed by atoms with Crippen LogP contribution in [0.2, 0.25) is 0 Å². The molecule has 0 aromatic carbocycles. The summed E-state index contributed by atoms with van der Waals surface area (Å²) in [6, 6.07) is -0.439. The number of hydrogen-bond donors (Lipinski definition) is 2. The Morgan fingerprint density at radius 3 is 2.68 bits per heavy atom. The van der Waals surface area contributed by atoms with Gasteiger partial charge in [0.25, 0.3) is 0 Å². The van der Waals surface area contributed by atoms with Gasteiger partial charge in [0.15, 0.2) is 0 Å². The highest BCUT2D eigenvalue weighted by molar-refractivity contribution is 5.87. The number of carbonyl (C=O) groups excluding carboxylic acids is 2. The molecule has 2 aliphatic carbocycles. The quantitative estimate of drug-likeness (QED) is 0.820. The molecule has 1 fully saturated rings. The van der Waals surface area contributed by atoms with Gasteiger partial charge in [-0.25, -0.2) is 0 Å². The van der Waals surface area contributed by atoms with Crippen LogP contribution in [0.3, 0.4) is 0 Å². The summed E-state index contributed by atoms with van der Waals surface area (Å²) in [7, 11) is 0. The molecule has 2 N–H and O–H groups in total. The molecule has 0 radical (unpaired) electrons. The molecule has 0 aromatic rings. The molecular formula is C18H28N2O2. The first-order valence-electron chi connectivity index (χ1n) is 8.48. The highest BCUT2D eigenvalue weighted by Crippen LogP contribution is 2.26. The number of amides is 2. The number of hydrogen-bond acceptors (Lipinski definition) is 2. The van der Waals surface area contributed by atoms with Crippen LogP contribution in [-0.2, 0) is 9.59 Å². The fraction of sp³-hybridized carbons (Fsp3) is 0.667. The molecule has 0 spiro atoms. The van der Waals surface area contributed by atoms with Crippen molar-refractivity contribution in [1.29, 1.82) is 0 Å². The van der Waals surface area contributed by atoms with Crippen molar-refractivity contribution in [1.82, 2.24) is 10.6 Å². The van der Waals surface area contributed by atoms with Crippen LogP contribution in [0, 0.1) is 5.92 Å². The van der Waals surface area contributed by atoms with Gasteiger partial charge < -0.3 is 10.6 Å². The van der Waals surface area contributed by atoms with Crippen molar-refractivity contribution >= 4 is 11.8 Å². The van der Waals surface area contributed by atoms with Crippen LogP contribution >= 0.6 is 0 Å². The summed E-state index contributed by atoms with van der Waals surface area (Å²) in [6.45, 7) is 3.81. The molecule has 0 unspecified atom stereocenters. The average Bonchev–Trinajstić information content (AvgIpc) is 2.48. The fourth-order valence-corrected chi connectivity index (χ4v) is 3.26. The molecule has 4 nitrogen and oxygen atoms in total. The lowest BCUT2D eigenvalue weighted by molar-refractivity contribution is -0.129. The topological polar surface area (TPSA) is 58.2 Å². The first-order chi connectivity index (χ1) is 10.5. The Bertz CT molecular complexity index is 462. The molecule has 0 bridgehead atoms. The Morgan fingerprint density at radius 2 is 2.00 bits per heavy atom. The van der Waals surface area contributed by atoms with E-state index in [1.807, 2.05) is 12.2 Å². The Labute approximate surface area is 133 Å². The fourth-order valence-electron chi connectivity index (χ4n) is 3.26. The minimum Gasteiger partial charge on any atom is -0.348 e. The zero-order valence-electron chi connectivity index (χ0n) is 13.7. The molecule has 2 atom stereocenters. The van der Waals surface area contributed by atoms with E-state index in [0.717, 1.165) is 19.3 Å². The monoisotopic (exact) mass is 304 g/mol. The van der Waals surface area contributed by atoms with Crippen LogP contribution in [0.4, 0.5) is 0 Å². The number of rotatable bonds is 5. The summed E-state index contributed by atoms with van der Waals surface area (Å²) < 4.78 is 0. The first-order valence-corrected chi connectivity index (χ1v) is 8.48. The Kier molecular flexibility index (Phi) is 6.22. The van der Waals surface area contributed by atoms with E-state index in [1.165, 1.54) is 24.8 Å². The van der Waals surface area contributed by atoms with Crippen molar-refractivity contribution < 1.29 is 9.59 Å². The third-order valence-electron chi connectivity index (χ3n) is 4.56. The van der Waals surface area contributed by atoms with Crippen molar-refractivity contribution in [3.63, 3.8) is 0 Å². The van der Waals surface area contributed by atoms with Crippen molar-refractivity contribution in [2.24, 2.45) is 5.92 Å². The number of allylic oxidation sites excluding steroid dienone is 2. The molecule has 2 amide bonds. The van der Waals surface area contributed by atoms with Crippen LogP contribution in [0.5, 0.6) is 0 Å². The summed E-state index contributed by atoms with van der Waals surface area (Å²) in [4.78, 5) is 24.2. The summed E-state index contributed by atoms with van der Waals surface area (Å²) in [5.41, 5.74) is 1.25. The summed E-state index contributed by atoms with van der Waals surface area (Å²) in [5, 5.41) is 5.81. The summed E-state index contributed by atoms with van der Waals surface area (Å²) in [5.74, 6) is 0.393. The van der Waals surface area contributed by atoms with Gasteiger partial charge >= 0.3 is 0 Å². The van der Waals surface area contributed by atoms with Crippen molar-refractivity contribution in [3.05, 3.63) is 23.8 Å². The predicted octanol–water partition coefficient (Wildman–Crippen LogP) is 2.85. The maximum absolute atomic E-state index is 12.2. The Morgan fingerprint density at radius 1 is 1.27 bits per heavy atom. The van der Waals surface area contributed by atoms with E-state index in [4.69, 9.17) is 0 Å². The van der Waals surface area contributed by atoms with Crippen molar-refractivity contribution in [2.45, 2.75) is 70.9 Å².